The first-order chi connectivity index (χ1) is 8.56. The van der Waals surface area contributed by atoms with Gasteiger partial charge in [0.15, 0.2) is 0 Å². The van der Waals surface area contributed by atoms with Crippen molar-refractivity contribution in [1.82, 2.24) is 5.32 Å². The second-order valence-electron chi connectivity index (χ2n) is 4.95. The van der Waals surface area contributed by atoms with Crippen LogP contribution in [-0.4, -0.2) is 28.8 Å². The third-order valence-electron chi connectivity index (χ3n) is 3.45. The number of hydrogen-bond donors (Lipinski definition) is 3. The van der Waals surface area contributed by atoms with Crippen LogP contribution in [0.3, 0.4) is 0 Å². The van der Waals surface area contributed by atoms with Crippen molar-refractivity contribution in [3.8, 4) is 0 Å². The Morgan fingerprint density at radius 1 is 1.56 bits per heavy atom. The van der Waals surface area contributed by atoms with Crippen molar-refractivity contribution in [3.05, 3.63) is 23.2 Å². The van der Waals surface area contributed by atoms with E-state index < -0.39 is 5.97 Å². The van der Waals surface area contributed by atoms with Crippen molar-refractivity contribution in [3.63, 3.8) is 0 Å². The Morgan fingerprint density at radius 2 is 2.33 bits per heavy atom. The fourth-order valence-electron chi connectivity index (χ4n) is 2.48. The van der Waals surface area contributed by atoms with Gasteiger partial charge in [-0.15, -0.1) is 0 Å². The van der Waals surface area contributed by atoms with E-state index in [9.17, 15) is 9.90 Å². The summed E-state index contributed by atoms with van der Waals surface area (Å²) in [5.74, 6) is 0.635. The largest absolute Gasteiger partial charge is 0.478 e. The molecular weight excluding hydrogens is 234 g/mol. The van der Waals surface area contributed by atoms with Gasteiger partial charge in [-0.05, 0) is 44.7 Å². The van der Waals surface area contributed by atoms with Crippen LogP contribution in [0.15, 0.2) is 10.5 Å². The highest BCUT2D eigenvalue weighted by atomic mass is 16.4. The van der Waals surface area contributed by atoms with E-state index in [0.717, 1.165) is 25.8 Å². The molecule has 5 heteroatoms. The van der Waals surface area contributed by atoms with Crippen molar-refractivity contribution >= 4 is 5.97 Å². The number of carboxylic acid groups (broad SMARTS) is 1. The van der Waals surface area contributed by atoms with Gasteiger partial charge in [0, 0.05) is 0 Å². The summed E-state index contributed by atoms with van der Waals surface area (Å²) in [6, 6.07) is 1.56. The number of aromatic carboxylic acids is 1. The number of rotatable bonds is 5. The average Bonchev–Trinajstić information content (AvgIpc) is 2.85. The normalized spacial score (nSPS) is 23.4. The highest BCUT2D eigenvalue weighted by Gasteiger charge is 2.22. The number of aryl methyl sites for hydroxylation is 1. The summed E-state index contributed by atoms with van der Waals surface area (Å²) in [5, 5.41) is 21.5. The molecule has 1 saturated carbocycles. The Hall–Kier alpha value is -1.33. The Kier molecular flexibility index (Phi) is 4.04. The number of aliphatic hydroxyl groups excluding tert-OH is 1. The van der Waals surface area contributed by atoms with Crippen molar-refractivity contribution in [2.45, 2.75) is 38.8 Å². The highest BCUT2D eigenvalue weighted by molar-refractivity contribution is 5.88. The summed E-state index contributed by atoms with van der Waals surface area (Å²) in [6.45, 7) is 3.01. The zero-order chi connectivity index (χ0) is 13.1. The van der Waals surface area contributed by atoms with Crippen LogP contribution in [0, 0.1) is 12.8 Å². The minimum Gasteiger partial charge on any atom is -0.478 e. The predicted octanol–water partition coefficient (Wildman–Crippen LogP) is 1.54. The standard InChI is InChI=1S/C13H19NO4/c1-8-12(13(16)17)5-11(18-8)7-14-6-9-2-3-10(15)4-9/h5,9-10,14-15H,2-4,6-7H2,1H3,(H,16,17). The van der Waals surface area contributed by atoms with E-state index in [1.807, 2.05) is 0 Å². The van der Waals surface area contributed by atoms with E-state index in [-0.39, 0.29) is 11.7 Å². The Morgan fingerprint density at radius 3 is 2.89 bits per heavy atom. The monoisotopic (exact) mass is 253 g/mol. The molecule has 0 spiro atoms. The Labute approximate surface area is 106 Å². The Bertz CT molecular complexity index is 427. The molecule has 0 bridgehead atoms. The number of nitrogens with one attached hydrogen (secondary N) is 1. The lowest BCUT2D eigenvalue weighted by molar-refractivity contribution is 0.0695. The molecular formula is C13H19NO4. The first-order valence-electron chi connectivity index (χ1n) is 6.27. The molecule has 1 aliphatic carbocycles. The van der Waals surface area contributed by atoms with Gasteiger partial charge in [0.2, 0.25) is 0 Å². The quantitative estimate of drug-likeness (QED) is 0.741. The molecule has 2 unspecified atom stereocenters. The van der Waals surface area contributed by atoms with Gasteiger partial charge < -0.3 is 19.9 Å². The number of hydrogen-bond acceptors (Lipinski definition) is 4. The molecule has 1 heterocycles. The van der Waals surface area contributed by atoms with Crippen LogP contribution in [0.5, 0.6) is 0 Å². The summed E-state index contributed by atoms with van der Waals surface area (Å²) < 4.78 is 5.37. The molecule has 1 aliphatic rings. The van der Waals surface area contributed by atoms with E-state index in [1.54, 1.807) is 13.0 Å². The maximum atomic E-state index is 10.8. The number of carbonyl (C=O) groups is 1. The minimum atomic E-state index is -0.957. The van der Waals surface area contributed by atoms with Crippen LogP contribution in [0.2, 0.25) is 0 Å². The van der Waals surface area contributed by atoms with Crippen LogP contribution >= 0.6 is 0 Å². The van der Waals surface area contributed by atoms with Crippen LogP contribution < -0.4 is 5.32 Å². The second-order valence-corrected chi connectivity index (χ2v) is 4.95. The summed E-state index contributed by atoms with van der Waals surface area (Å²) >= 11 is 0. The molecule has 0 aromatic carbocycles. The van der Waals surface area contributed by atoms with E-state index in [0.29, 0.717) is 24.0 Å². The summed E-state index contributed by atoms with van der Waals surface area (Å²) in [7, 11) is 0. The molecule has 0 saturated heterocycles. The number of carboxylic acids is 1. The SMILES string of the molecule is Cc1oc(CNCC2CCC(O)C2)cc1C(=O)O. The third kappa shape index (κ3) is 3.11. The maximum absolute atomic E-state index is 10.8. The maximum Gasteiger partial charge on any atom is 0.339 e. The third-order valence-corrected chi connectivity index (χ3v) is 3.45. The molecule has 2 atom stereocenters. The molecule has 1 fully saturated rings. The average molecular weight is 253 g/mol. The van der Waals surface area contributed by atoms with Gasteiger partial charge in [0.25, 0.3) is 0 Å². The van der Waals surface area contributed by atoms with Gasteiger partial charge in [-0.2, -0.15) is 0 Å². The smallest absolute Gasteiger partial charge is 0.339 e. The van der Waals surface area contributed by atoms with E-state index in [1.165, 1.54) is 0 Å². The van der Waals surface area contributed by atoms with E-state index in [4.69, 9.17) is 9.52 Å². The van der Waals surface area contributed by atoms with Crippen LogP contribution in [0.4, 0.5) is 0 Å². The molecule has 100 valence electrons. The zero-order valence-corrected chi connectivity index (χ0v) is 10.5. The molecule has 0 radical (unpaired) electrons. The topological polar surface area (TPSA) is 82.7 Å². The van der Waals surface area contributed by atoms with Crippen LogP contribution in [0.1, 0.15) is 41.1 Å². The van der Waals surface area contributed by atoms with Gasteiger partial charge in [-0.3, -0.25) is 0 Å². The van der Waals surface area contributed by atoms with Crippen molar-refractivity contribution in [2.24, 2.45) is 5.92 Å². The van der Waals surface area contributed by atoms with Gasteiger partial charge in [0.1, 0.15) is 17.1 Å². The number of furan rings is 1. The summed E-state index contributed by atoms with van der Waals surface area (Å²) in [5.41, 5.74) is 0.225. The molecule has 0 aliphatic heterocycles. The van der Waals surface area contributed by atoms with Gasteiger partial charge in [-0.25, -0.2) is 4.79 Å². The van der Waals surface area contributed by atoms with E-state index >= 15 is 0 Å². The molecule has 5 nitrogen and oxygen atoms in total. The molecule has 18 heavy (non-hydrogen) atoms. The fraction of sp³-hybridized carbons (Fsp3) is 0.615. The van der Waals surface area contributed by atoms with Crippen molar-refractivity contribution in [1.29, 1.82) is 0 Å². The van der Waals surface area contributed by atoms with Gasteiger partial charge in [0.05, 0.1) is 12.6 Å². The Balaban J connectivity index is 1.80. The van der Waals surface area contributed by atoms with Crippen molar-refractivity contribution in [2.75, 3.05) is 6.54 Å². The fourth-order valence-corrected chi connectivity index (χ4v) is 2.48. The second kappa shape index (κ2) is 5.54. The highest BCUT2D eigenvalue weighted by Crippen LogP contribution is 2.24. The molecule has 2 rings (SSSR count). The molecule has 1 aromatic heterocycles. The van der Waals surface area contributed by atoms with Crippen LogP contribution in [-0.2, 0) is 6.54 Å². The van der Waals surface area contributed by atoms with Crippen LogP contribution in [0.25, 0.3) is 0 Å². The first kappa shape index (κ1) is 13.1. The lowest BCUT2D eigenvalue weighted by Crippen LogP contribution is -2.21. The van der Waals surface area contributed by atoms with Crippen molar-refractivity contribution < 1.29 is 19.4 Å². The zero-order valence-electron chi connectivity index (χ0n) is 10.5. The van der Waals surface area contributed by atoms with E-state index in [2.05, 4.69) is 5.32 Å². The molecule has 1 aromatic rings. The summed E-state index contributed by atoms with van der Waals surface area (Å²) in [6.07, 6.45) is 2.63. The predicted molar refractivity (Wildman–Crippen MR) is 65.5 cm³/mol. The van der Waals surface area contributed by atoms with Gasteiger partial charge in [-0.1, -0.05) is 0 Å². The number of aliphatic hydroxyl groups is 1. The van der Waals surface area contributed by atoms with Gasteiger partial charge >= 0.3 is 5.97 Å². The molecule has 3 N–H and O–H groups in total. The molecule has 0 amide bonds. The minimum absolute atomic E-state index is 0.152. The summed E-state index contributed by atoms with van der Waals surface area (Å²) in [4.78, 5) is 10.8. The lowest BCUT2D eigenvalue weighted by Gasteiger charge is -2.09. The lowest BCUT2D eigenvalue weighted by atomic mass is 10.1. The first-order valence-corrected chi connectivity index (χ1v) is 6.27.